The molecule has 35 heteroatoms. The quantitative estimate of drug-likeness (QED) is 0.0255. The monoisotopic (exact) mass is 1270 g/mol. The van der Waals surface area contributed by atoms with Crippen LogP contribution < -0.4 is 64.6 Å². The summed E-state index contributed by atoms with van der Waals surface area (Å²) in [5, 5.41) is 91.7. The van der Waals surface area contributed by atoms with Gasteiger partial charge in [-0.15, -0.1) is 0 Å². The van der Waals surface area contributed by atoms with Crippen LogP contribution >= 0.6 is 0 Å². The molecule has 1 aromatic heterocycles. The number of hydrogen-bond acceptors (Lipinski definition) is 20. The third-order valence-electron chi connectivity index (χ3n) is 13.2. The van der Waals surface area contributed by atoms with Crippen LogP contribution in [0.25, 0.3) is 0 Å². The highest BCUT2D eigenvalue weighted by Gasteiger charge is 2.39. The number of amides is 11. The third-order valence-corrected chi connectivity index (χ3v) is 13.2. The number of carboxylic acid groups (broad SMARTS) is 3. The number of aromatic amines is 1. The summed E-state index contributed by atoms with van der Waals surface area (Å²) in [5.41, 5.74) is 12.4. The number of aliphatic carboxylic acids is 3. The van der Waals surface area contributed by atoms with E-state index in [1.807, 2.05) is 0 Å². The number of aromatic nitrogens is 2. The lowest BCUT2D eigenvalue weighted by Gasteiger charge is -2.29. The highest BCUT2D eigenvalue weighted by atomic mass is 16.4. The number of aliphatic hydroxyl groups excluding tert-OH is 3. The topological polar surface area (TPSA) is 582 Å². The summed E-state index contributed by atoms with van der Waals surface area (Å²) in [4.78, 5) is 191. The molecule has 1 heterocycles. The van der Waals surface area contributed by atoms with Crippen molar-refractivity contribution in [2.45, 2.75) is 152 Å². The Morgan fingerprint density at radius 3 is 1.34 bits per heavy atom. The number of carbonyl (C=O) groups is 14. The van der Waals surface area contributed by atoms with E-state index in [2.05, 4.69) is 63.1 Å². The highest BCUT2D eigenvalue weighted by Crippen LogP contribution is 2.14. The molecule has 0 radical (unpaired) electrons. The van der Waals surface area contributed by atoms with E-state index in [1.165, 1.54) is 50.6 Å². The molecular weight excluding hydrogens is 1190 g/mol. The first-order chi connectivity index (χ1) is 42.2. The number of primary amides is 1. The maximum Gasteiger partial charge on any atom is 0.328 e. The SMILES string of the molecule is CC(C)[C@H](NC(=O)[C@H](C)NC(=O)[C@H](CC(=O)O)NC(=O)[C@H](CO)NC(=O)[C@@H](N)Cc1cnc[nH]1)C(=O)N[C@@H](Cc1ccccc1)C(=O)N[C@H](C(=O)N[C@@H](CC(=O)O)C(=O)N[C@@H](CC(N)=O)C(=O)N[C@@H](Cc1ccc(O)cc1)C(=O)N[C@H](C(=O)O)C(C)O)C(C)O. The molecule has 0 aliphatic carbocycles. The lowest BCUT2D eigenvalue weighted by molar-refractivity contribution is -0.145. The molecule has 13 atom stereocenters. The standard InChI is InChI=1S/C55H76N14O21/c1-24(2)42(67-45(79)25(3)60-47(81)36(19-40(75)76)63-52(86)38(22-70)66-46(80)32(56)17-30-21-58-23-59-30)53(87)64-34(15-28-9-7-6-8-10-28)50(84)68-43(26(4)71)54(88)65-37(20-41(77)78)49(83)62-35(18-39(57)74)48(82)61-33(16-29-11-13-31(73)14-12-29)51(85)69-44(27(5)72)55(89)90/h6-14,21,23-27,32-38,42-44,70-73H,15-20,22,56H2,1-5H3,(H2,57,74)(H,58,59)(H,60,81)(H,61,82)(H,62,83)(H,63,86)(H,64,87)(H,65,88)(H,66,80)(H,67,79)(H,68,84)(H,69,85)(H,75,76)(H,77,78)(H,89,90)/t25-,26?,27?,32-,33-,34-,35-,36-,37-,38-,42-,43-,44-/m0/s1. The fraction of sp³-hybridized carbons (Fsp3) is 0.473. The molecule has 492 valence electrons. The first kappa shape index (κ1) is 74.1. The zero-order valence-corrected chi connectivity index (χ0v) is 49.3. The predicted molar refractivity (Wildman–Crippen MR) is 308 cm³/mol. The molecule has 90 heavy (non-hydrogen) atoms. The number of nitrogens with zero attached hydrogens (tertiary/aromatic N) is 1. The van der Waals surface area contributed by atoms with E-state index in [-0.39, 0.29) is 24.2 Å². The van der Waals surface area contributed by atoms with Crippen molar-refractivity contribution in [3.63, 3.8) is 0 Å². The van der Waals surface area contributed by atoms with Gasteiger partial charge in [-0.3, -0.25) is 62.3 Å². The van der Waals surface area contributed by atoms with Gasteiger partial charge in [0.2, 0.25) is 65.0 Å². The first-order valence-electron chi connectivity index (χ1n) is 27.7. The molecule has 0 bridgehead atoms. The van der Waals surface area contributed by atoms with E-state index in [1.54, 1.807) is 30.3 Å². The smallest absolute Gasteiger partial charge is 0.328 e. The Labute approximate surface area is 513 Å². The second-order valence-corrected chi connectivity index (χ2v) is 21.1. The van der Waals surface area contributed by atoms with Crippen LogP contribution in [-0.2, 0) is 86.4 Å². The molecule has 11 amide bonds. The summed E-state index contributed by atoms with van der Waals surface area (Å²) < 4.78 is 0. The Bertz CT molecular complexity index is 3020. The van der Waals surface area contributed by atoms with Crippen molar-refractivity contribution in [3.8, 4) is 5.75 Å². The van der Waals surface area contributed by atoms with Crippen molar-refractivity contribution in [3.05, 3.63) is 83.9 Å². The molecule has 0 fully saturated rings. The van der Waals surface area contributed by atoms with Gasteiger partial charge >= 0.3 is 17.9 Å². The van der Waals surface area contributed by atoms with Gasteiger partial charge in [0.05, 0.1) is 50.4 Å². The predicted octanol–water partition coefficient (Wildman–Crippen LogP) is -7.34. The number of carbonyl (C=O) groups excluding carboxylic acids is 11. The summed E-state index contributed by atoms with van der Waals surface area (Å²) in [6.45, 7) is 5.14. The van der Waals surface area contributed by atoms with Crippen molar-refractivity contribution in [1.82, 2.24) is 63.1 Å². The van der Waals surface area contributed by atoms with Gasteiger partial charge in [0, 0.05) is 31.2 Å². The average Bonchev–Trinajstić information content (AvgIpc) is 2.48. The molecule has 2 unspecified atom stereocenters. The molecule has 0 saturated heterocycles. The first-order valence-corrected chi connectivity index (χ1v) is 27.7. The Balaban J connectivity index is 1.84. The van der Waals surface area contributed by atoms with E-state index in [9.17, 15) is 103 Å². The number of H-pyrrole nitrogens is 1. The molecule has 0 spiro atoms. The van der Waals surface area contributed by atoms with Crippen molar-refractivity contribution >= 4 is 82.9 Å². The molecule has 22 N–H and O–H groups in total. The van der Waals surface area contributed by atoms with E-state index < -0.39 is 200 Å². The highest BCUT2D eigenvalue weighted by molar-refractivity contribution is 6.01. The molecule has 3 aromatic rings. The molecule has 2 aromatic carbocycles. The minimum atomic E-state index is -2.18. The van der Waals surface area contributed by atoms with Crippen LogP contribution in [0.1, 0.15) is 70.7 Å². The van der Waals surface area contributed by atoms with Crippen LogP contribution in [0.3, 0.4) is 0 Å². The van der Waals surface area contributed by atoms with Crippen molar-refractivity contribution < 1.29 is 103 Å². The average molecular weight is 1270 g/mol. The Kier molecular flexibility index (Phi) is 29.3. The second-order valence-electron chi connectivity index (χ2n) is 21.1. The van der Waals surface area contributed by atoms with Gasteiger partial charge in [0.1, 0.15) is 60.1 Å². The number of carboxylic acids is 3. The lowest BCUT2D eigenvalue weighted by Crippen LogP contribution is -2.63. The molecule has 0 aliphatic rings. The van der Waals surface area contributed by atoms with Crippen LogP contribution in [-0.4, -0.2) is 214 Å². The van der Waals surface area contributed by atoms with Crippen LogP contribution in [0.15, 0.2) is 67.1 Å². The molecular formula is C55H76N14O21. The molecule has 0 saturated carbocycles. The van der Waals surface area contributed by atoms with Gasteiger partial charge in [0.15, 0.2) is 6.04 Å². The number of phenolic OH excluding ortho intramolecular Hbond substituents is 1. The third kappa shape index (κ3) is 24.6. The largest absolute Gasteiger partial charge is 0.508 e. The van der Waals surface area contributed by atoms with E-state index in [0.29, 0.717) is 11.3 Å². The number of rotatable bonds is 37. The number of nitrogens with two attached hydrogens (primary N) is 2. The second kappa shape index (κ2) is 35.6. The lowest BCUT2D eigenvalue weighted by atomic mass is 10.00. The zero-order chi connectivity index (χ0) is 67.7. The zero-order valence-electron chi connectivity index (χ0n) is 49.3. The van der Waals surface area contributed by atoms with Crippen molar-refractivity contribution in [2.75, 3.05) is 6.61 Å². The van der Waals surface area contributed by atoms with Gasteiger partial charge in [0.25, 0.3) is 0 Å². The number of aromatic hydroxyl groups is 1. The van der Waals surface area contributed by atoms with E-state index >= 15 is 0 Å². The molecule has 0 aliphatic heterocycles. The van der Waals surface area contributed by atoms with Crippen LogP contribution in [0.4, 0.5) is 0 Å². The number of nitrogens with one attached hydrogen (secondary N) is 11. The number of hydrogen-bond donors (Lipinski definition) is 20. The number of aliphatic hydroxyl groups is 3. The van der Waals surface area contributed by atoms with Gasteiger partial charge in [-0.2, -0.15) is 0 Å². The van der Waals surface area contributed by atoms with Crippen molar-refractivity contribution in [1.29, 1.82) is 0 Å². The summed E-state index contributed by atoms with van der Waals surface area (Å²) in [7, 11) is 0. The summed E-state index contributed by atoms with van der Waals surface area (Å²) in [5.74, 6) is -19.3. The van der Waals surface area contributed by atoms with Gasteiger partial charge in [-0.05, 0) is 49.9 Å². The Morgan fingerprint density at radius 1 is 0.478 bits per heavy atom. The molecule has 3 rings (SSSR count). The number of imidazole rings is 1. The molecule has 35 nitrogen and oxygen atoms in total. The Morgan fingerprint density at radius 2 is 0.889 bits per heavy atom. The summed E-state index contributed by atoms with van der Waals surface area (Å²) in [6.07, 6.45) is -4.93. The fourth-order valence-electron chi connectivity index (χ4n) is 8.35. The Hall–Kier alpha value is -10.1. The van der Waals surface area contributed by atoms with E-state index in [0.717, 1.165) is 20.8 Å². The van der Waals surface area contributed by atoms with Gasteiger partial charge in [-0.1, -0.05) is 56.3 Å². The number of benzene rings is 2. The minimum absolute atomic E-state index is 0.0520. The van der Waals surface area contributed by atoms with Crippen LogP contribution in [0.5, 0.6) is 5.75 Å². The number of phenols is 1. The minimum Gasteiger partial charge on any atom is -0.508 e. The van der Waals surface area contributed by atoms with Crippen molar-refractivity contribution in [2.24, 2.45) is 17.4 Å². The maximum absolute atomic E-state index is 14.3. The van der Waals surface area contributed by atoms with Gasteiger partial charge < -0.3 is 105 Å². The van der Waals surface area contributed by atoms with Gasteiger partial charge in [-0.25, -0.2) is 9.78 Å². The van der Waals surface area contributed by atoms with E-state index in [4.69, 9.17) is 11.5 Å². The fourth-order valence-corrected chi connectivity index (χ4v) is 8.35. The normalized spacial score (nSPS) is 15.4. The van der Waals surface area contributed by atoms with Crippen LogP contribution in [0, 0.1) is 5.92 Å². The summed E-state index contributed by atoms with van der Waals surface area (Å²) in [6, 6.07) is -6.57. The maximum atomic E-state index is 14.3. The van der Waals surface area contributed by atoms with Crippen LogP contribution in [0.2, 0.25) is 0 Å². The summed E-state index contributed by atoms with van der Waals surface area (Å²) >= 11 is 0.